The maximum Gasteiger partial charge on any atom is 0.323 e. The quantitative estimate of drug-likeness (QED) is 0.256. The molecule has 2 bridgehead atoms. The van der Waals surface area contributed by atoms with Gasteiger partial charge in [0.05, 0.1) is 41.7 Å². The number of ether oxygens (including phenoxy) is 1. The molecule has 2 N–H and O–H groups in total. The van der Waals surface area contributed by atoms with Crippen LogP contribution in [0, 0.1) is 0 Å². The lowest BCUT2D eigenvalue weighted by Crippen LogP contribution is -2.43. The van der Waals surface area contributed by atoms with E-state index >= 15 is 0 Å². The number of aromatic nitrogens is 6. The summed E-state index contributed by atoms with van der Waals surface area (Å²) in [4.78, 5) is 36.0. The van der Waals surface area contributed by atoms with Crippen molar-refractivity contribution in [3.05, 3.63) is 85.1 Å². The first-order valence-electron chi connectivity index (χ1n) is 16.0. The van der Waals surface area contributed by atoms with Crippen LogP contribution in [-0.2, 0) is 11.3 Å². The normalized spacial score (nSPS) is 20.2. The van der Waals surface area contributed by atoms with Gasteiger partial charge in [-0.05, 0) is 73.7 Å². The van der Waals surface area contributed by atoms with Crippen LogP contribution in [0.25, 0.3) is 22.4 Å². The summed E-state index contributed by atoms with van der Waals surface area (Å²) in [5, 5.41) is 11.6. The number of fused-ring (bicyclic) bond motifs is 3. The number of anilines is 3. The molecule has 3 aliphatic rings. The molecule has 0 spiro atoms. The molecule has 3 aliphatic heterocycles. The largest absolute Gasteiger partial charge is 0.371 e. The second-order valence-corrected chi connectivity index (χ2v) is 12.3. The average molecular weight is 617 g/mol. The van der Waals surface area contributed by atoms with E-state index in [1.54, 1.807) is 24.5 Å². The number of carbonyl (C=O) groups is 1. The van der Waals surface area contributed by atoms with Crippen molar-refractivity contribution in [3.8, 4) is 11.4 Å². The fourth-order valence-corrected chi connectivity index (χ4v) is 6.84. The monoisotopic (exact) mass is 616 g/mol. The topological polar surface area (TPSA) is 126 Å². The Morgan fingerprint density at radius 2 is 1.57 bits per heavy atom. The van der Waals surface area contributed by atoms with Crippen LogP contribution >= 0.6 is 0 Å². The van der Waals surface area contributed by atoms with Crippen molar-refractivity contribution >= 4 is 34.3 Å². The molecular formula is C34H36N10O2. The van der Waals surface area contributed by atoms with Gasteiger partial charge in [0, 0.05) is 62.6 Å². The van der Waals surface area contributed by atoms with E-state index in [0.29, 0.717) is 17.2 Å². The number of nitrogens with zero attached hydrogens (tertiary/aromatic N) is 8. The zero-order valence-electron chi connectivity index (χ0n) is 25.5. The molecule has 12 heteroatoms. The third-order valence-corrected chi connectivity index (χ3v) is 9.13. The van der Waals surface area contributed by atoms with Gasteiger partial charge in [-0.3, -0.25) is 14.9 Å². The number of carbonyl (C=O) groups excluding carboxylic acids is 1. The highest BCUT2D eigenvalue weighted by atomic mass is 16.5. The van der Waals surface area contributed by atoms with E-state index in [-0.39, 0.29) is 24.3 Å². The minimum Gasteiger partial charge on any atom is -0.371 e. The number of amides is 2. The predicted octanol–water partition coefficient (Wildman–Crippen LogP) is 5.13. The first-order chi connectivity index (χ1) is 22.6. The van der Waals surface area contributed by atoms with Crippen molar-refractivity contribution in [3.63, 3.8) is 0 Å². The molecule has 8 rings (SSSR count). The summed E-state index contributed by atoms with van der Waals surface area (Å²) >= 11 is 0. The first kappa shape index (κ1) is 28.5. The molecule has 234 valence electrons. The number of hydrogen-bond acceptors (Lipinski definition) is 9. The van der Waals surface area contributed by atoms with E-state index in [0.717, 1.165) is 80.8 Å². The fourth-order valence-electron chi connectivity index (χ4n) is 6.84. The van der Waals surface area contributed by atoms with Crippen LogP contribution in [0.5, 0.6) is 0 Å². The Morgan fingerprint density at radius 1 is 0.826 bits per heavy atom. The Bertz CT molecular complexity index is 1800. The summed E-state index contributed by atoms with van der Waals surface area (Å²) in [6.45, 7) is 4.51. The Hall–Kier alpha value is -4.94. The standard InChI is InChI=1S/C34H36N10O2/c45-34(39-26-4-2-14-36-18-26)38-25-7-5-24(6-8-25)31-40-32(43-21-28-9-10-29(22-43)46-28)30-19-37-44(33(30)41-31)27-11-15-42(16-12-27)20-23-3-1-13-35-17-23/h1-8,13-14,17-19,27-29H,9-12,15-16,20-22H2,(H2,38,39,45). The summed E-state index contributed by atoms with van der Waals surface area (Å²) in [5.74, 6) is 1.56. The lowest BCUT2D eigenvalue weighted by Gasteiger charge is -2.33. The molecule has 4 aromatic heterocycles. The van der Waals surface area contributed by atoms with E-state index in [4.69, 9.17) is 19.8 Å². The lowest BCUT2D eigenvalue weighted by atomic mass is 10.0. The smallest absolute Gasteiger partial charge is 0.323 e. The molecule has 1 aromatic carbocycles. The van der Waals surface area contributed by atoms with Gasteiger partial charge in [-0.1, -0.05) is 6.07 Å². The van der Waals surface area contributed by atoms with Gasteiger partial charge >= 0.3 is 6.03 Å². The molecule has 12 nitrogen and oxygen atoms in total. The highest BCUT2D eigenvalue weighted by Gasteiger charge is 2.36. The van der Waals surface area contributed by atoms with Gasteiger partial charge < -0.3 is 20.3 Å². The minimum atomic E-state index is -0.335. The van der Waals surface area contributed by atoms with Gasteiger partial charge in [0.15, 0.2) is 11.5 Å². The number of nitrogens with one attached hydrogen (secondary N) is 2. The molecule has 2 amide bonds. The molecule has 0 saturated carbocycles. The maximum absolute atomic E-state index is 12.5. The number of morpholine rings is 1. The molecule has 0 radical (unpaired) electrons. The van der Waals surface area contributed by atoms with Crippen molar-refractivity contribution in [2.24, 2.45) is 0 Å². The SMILES string of the molecule is O=C(Nc1ccc(-c2nc(N3CC4CCC(C3)O4)c3cnn(C4CCN(Cc5cccnc5)CC4)c3n2)cc1)Nc1cccnc1. The molecule has 5 aromatic rings. The molecule has 7 heterocycles. The van der Waals surface area contributed by atoms with Gasteiger partial charge in [0.25, 0.3) is 0 Å². The van der Waals surface area contributed by atoms with E-state index in [1.165, 1.54) is 5.56 Å². The van der Waals surface area contributed by atoms with Crippen LogP contribution in [0.3, 0.4) is 0 Å². The van der Waals surface area contributed by atoms with Crippen molar-refractivity contribution < 1.29 is 9.53 Å². The zero-order valence-corrected chi connectivity index (χ0v) is 25.5. The van der Waals surface area contributed by atoms with Gasteiger partial charge in [0.2, 0.25) is 0 Å². The van der Waals surface area contributed by atoms with Gasteiger partial charge in [-0.15, -0.1) is 0 Å². The summed E-state index contributed by atoms with van der Waals surface area (Å²) in [6, 6.07) is 15.3. The van der Waals surface area contributed by atoms with Crippen LogP contribution in [0.2, 0.25) is 0 Å². The van der Waals surface area contributed by atoms with Crippen molar-refractivity contribution in [1.82, 2.24) is 34.6 Å². The molecule has 2 unspecified atom stereocenters. The number of pyridine rings is 2. The number of piperidine rings is 1. The average Bonchev–Trinajstić information content (AvgIpc) is 3.67. The Morgan fingerprint density at radius 3 is 2.28 bits per heavy atom. The van der Waals surface area contributed by atoms with Crippen LogP contribution in [0.15, 0.2) is 79.5 Å². The third kappa shape index (κ3) is 6.01. The summed E-state index contributed by atoms with van der Waals surface area (Å²) in [7, 11) is 0. The van der Waals surface area contributed by atoms with Crippen LogP contribution in [0.4, 0.5) is 22.0 Å². The minimum absolute atomic E-state index is 0.231. The van der Waals surface area contributed by atoms with Gasteiger partial charge in [-0.2, -0.15) is 5.10 Å². The Kier molecular flexibility index (Phi) is 7.72. The molecule has 3 saturated heterocycles. The number of hydrogen-bond donors (Lipinski definition) is 2. The Labute approximate surface area is 266 Å². The van der Waals surface area contributed by atoms with Crippen LogP contribution < -0.4 is 15.5 Å². The van der Waals surface area contributed by atoms with E-state index in [2.05, 4.69) is 41.1 Å². The van der Waals surface area contributed by atoms with Crippen LogP contribution in [-0.4, -0.2) is 79.0 Å². The molecule has 2 atom stereocenters. The number of urea groups is 1. The van der Waals surface area contributed by atoms with Gasteiger partial charge in [-0.25, -0.2) is 19.4 Å². The third-order valence-electron chi connectivity index (χ3n) is 9.13. The van der Waals surface area contributed by atoms with Crippen molar-refractivity contribution in [1.29, 1.82) is 0 Å². The first-order valence-corrected chi connectivity index (χ1v) is 16.0. The molecular weight excluding hydrogens is 580 g/mol. The van der Waals surface area contributed by atoms with Crippen molar-refractivity contribution in [2.75, 3.05) is 41.7 Å². The maximum atomic E-state index is 12.5. The number of benzene rings is 1. The number of rotatable bonds is 7. The summed E-state index contributed by atoms with van der Waals surface area (Å²) < 4.78 is 8.28. The number of likely N-dealkylation sites (tertiary alicyclic amines) is 1. The van der Waals surface area contributed by atoms with E-state index in [9.17, 15) is 4.79 Å². The molecule has 46 heavy (non-hydrogen) atoms. The Balaban J connectivity index is 1.06. The highest BCUT2D eigenvalue weighted by molar-refractivity contribution is 5.99. The predicted molar refractivity (Wildman–Crippen MR) is 176 cm³/mol. The van der Waals surface area contributed by atoms with E-state index < -0.39 is 0 Å². The van der Waals surface area contributed by atoms with Gasteiger partial charge in [0.1, 0.15) is 5.82 Å². The molecule has 0 aliphatic carbocycles. The summed E-state index contributed by atoms with van der Waals surface area (Å²) in [6.07, 6.45) is 13.6. The van der Waals surface area contributed by atoms with Crippen molar-refractivity contribution in [2.45, 2.75) is 50.5 Å². The highest BCUT2D eigenvalue weighted by Crippen LogP contribution is 2.35. The van der Waals surface area contributed by atoms with Crippen LogP contribution in [0.1, 0.15) is 37.3 Å². The summed E-state index contributed by atoms with van der Waals surface area (Å²) in [5.41, 5.74) is 4.26. The molecule has 3 fully saturated rings. The lowest BCUT2D eigenvalue weighted by molar-refractivity contribution is 0.0303. The second-order valence-electron chi connectivity index (χ2n) is 12.3. The van der Waals surface area contributed by atoms with E-state index in [1.807, 2.05) is 48.9 Å². The zero-order chi connectivity index (χ0) is 30.9. The second kappa shape index (κ2) is 12.5. The fraction of sp³-hybridized carbons (Fsp3) is 0.353.